The number of azide groups is 1. The first kappa shape index (κ1) is 9.27. The van der Waals surface area contributed by atoms with Crippen molar-refractivity contribution in [3.8, 4) is 0 Å². The zero-order valence-corrected chi connectivity index (χ0v) is 6.91. The monoisotopic (exact) mass is 143 g/mol. The molecule has 0 aromatic heterocycles. The zero-order valence-electron chi connectivity index (χ0n) is 6.91. The lowest BCUT2D eigenvalue weighted by molar-refractivity contribution is -0.870. The Balaban J connectivity index is 3.28. The van der Waals surface area contributed by atoms with Gasteiger partial charge in [-0.1, -0.05) is 5.11 Å². The molecule has 0 unspecified atom stereocenters. The summed E-state index contributed by atoms with van der Waals surface area (Å²) in [5, 5.41) is 3.45. The highest BCUT2D eigenvalue weighted by Crippen LogP contribution is 1.93. The van der Waals surface area contributed by atoms with Crippen molar-refractivity contribution >= 4 is 0 Å². The molecule has 0 aromatic rings. The number of quaternary nitrogens is 1. The van der Waals surface area contributed by atoms with Crippen LogP contribution in [0.3, 0.4) is 0 Å². The fourth-order valence-electron chi connectivity index (χ4n) is 0.660. The summed E-state index contributed by atoms with van der Waals surface area (Å²) in [7, 11) is 6.36. The van der Waals surface area contributed by atoms with Gasteiger partial charge in [0.25, 0.3) is 0 Å². The van der Waals surface area contributed by atoms with E-state index in [1.165, 1.54) is 0 Å². The van der Waals surface area contributed by atoms with Gasteiger partial charge in [0.2, 0.25) is 0 Å². The molecule has 0 spiro atoms. The maximum Gasteiger partial charge on any atom is 0.0781 e. The second kappa shape index (κ2) is 4.14. The van der Waals surface area contributed by atoms with Crippen molar-refractivity contribution in [1.82, 2.24) is 0 Å². The average molecular weight is 143 g/mol. The second-order valence-corrected chi connectivity index (χ2v) is 3.32. The summed E-state index contributed by atoms with van der Waals surface area (Å²) >= 11 is 0. The van der Waals surface area contributed by atoms with E-state index in [-0.39, 0.29) is 0 Å². The average Bonchev–Trinajstić information content (AvgIpc) is 1.78. The summed E-state index contributed by atoms with van der Waals surface area (Å²) in [6.07, 6.45) is 0.966. The Kier molecular flexibility index (Phi) is 3.84. The molecule has 0 rings (SSSR count). The van der Waals surface area contributed by atoms with Crippen LogP contribution >= 0.6 is 0 Å². The Bertz CT molecular complexity index is 129. The lowest BCUT2D eigenvalue weighted by Gasteiger charge is -2.23. The standard InChI is InChI=1S/C6H15N4/c1-10(2,3)6-4-5-8-9-7/h4-6H2,1-3H3/q+1. The molecular formula is C6H15N4+. The highest BCUT2D eigenvalue weighted by atomic mass is 15.3. The fourth-order valence-corrected chi connectivity index (χ4v) is 0.660. The van der Waals surface area contributed by atoms with Gasteiger partial charge in [0, 0.05) is 17.9 Å². The van der Waals surface area contributed by atoms with Crippen molar-refractivity contribution in [2.45, 2.75) is 6.42 Å². The molecule has 0 saturated heterocycles. The van der Waals surface area contributed by atoms with Crippen molar-refractivity contribution in [2.24, 2.45) is 5.11 Å². The highest BCUT2D eigenvalue weighted by Gasteiger charge is 2.03. The smallest absolute Gasteiger partial charge is 0.0781 e. The van der Waals surface area contributed by atoms with Crippen LogP contribution < -0.4 is 0 Å². The van der Waals surface area contributed by atoms with Crippen LogP contribution in [0.15, 0.2) is 5.11 Å². The third-order valence-corrected chi connectivity index (χ3v) is 1.15. The molecule has 0 radical (unpaired) electrons. The van der Waals surface area contributed by atoms with Gasteiger partial charge in [-0.25, -0.2) is 0 Å². The van der Waals surface area contributed by atoms with Gasteiger partial charge in [0.1, 0.15) is 0 Å². The summed E-state index contributed by atoms with van der Waals surface area (Å²) in [4.78, 5) is 2.67. The van der Waals surface area contributed by atoms with Crippen LogP contribution in [0.5, 0.6) is 0 Å². The lowest BCUT2D eigenvalue weighted by atomic mass is 10.4. The Morgan fingerprint density at radius 2 is 2.00 bits per heavy atom. The molecule has 10 heavy (non-hydrogen) atoms. The van der Waals surface area contributed by atoms with Gasteiger partial charge in [0.05, 0.1) is 27.7 Å². The number of hydrogen-bond donors (Lipinski definition) is 0. The first-order chi connectivity index (χ1) is 4.56. The molecular weight excluding hydrogens is 128 g/mol. The van der Waals surface area contributed by atoms with Crippen molar-refractivity contribution in [1.29, 1.82) is 0 Å². The number of nitrogens with zero attached hydrogens (tertiary/aromatic N) is 4. The topological polar surface area (TPSA) is 48.8 Å². The van der Waals surface area contributed by atoms with E-state index < -0.39 is 0 Å². The van der Waals surface area contributed by atoms with Crippen molar-refractivity contribution in [3.63, 3.8) is 0 Å². The largest absolute Gasteiger partial charge is 0.331 e. The first-order valence-electron chi connectivity index (χ1n) is 3.37. The van der Waals surface area contributed by atoms with Gasteiger partial charge < -0.3 is 4.48 Å². The van der Waals surface area contributed by atoms with E-state index >= 15 is 0 Å². The third-order valence-electron chi connectivity index (χ3n) is 1.15. The predicted molar refractivity (Wildman–Crippen MR) is 41.5 cm³/mol. The molecule has 0 heterocycles. The Morgan fingerprint density at radius 3 is 2.40 bits per heavy atom. The van der Waals surface area contributed by atoms with E-state index in [1.807, 2.05) is 0 Å². The molecule has 4 heteroatoms. The maximum atomic E-state index is 7.95. The van der Waals surface area contributed by atoms with Crippen LogP contribution in [-0.4, -0.2) is 38.7 Å². The Morgan fingerprint density at radius 1 is 1.40 bits per heavy atom. The van der Waals surface area contributed by atoms with E-state index in [1.54, 1.807) is 0 Å². The van der Waals surface area contributed by atoms with E-state index in [0.717, 1.165) is 17.4 Å². The minimum Gasteiger partial charge on any atom is -0.331 e. The molecule has 0 N–H and O–H groups in total. The van der Waals surface area contributed by atoms with Gasteiger partial charge in [-0.05, 0) is 5.53 Å². The molecule has 4 nitrogen and oxygen atoms in total. The molecule has 0 atom stereocenters. The SMILES string of the molecule is C[N+](C)(C)CCCN=[N+]=[N-]. The van der Waals surface area contributed by atoms with Crippen molar-refractivity contribution in [2.75, 3.05) is 34.2 Å². The van der Waals surface area contributed by atoms with Crippen LogP contribution in [0, 0.1) is 0 Å². The van der Waals surface area contributed by atoms with Crippen LogP contribution in [0.2, 0.25) is 0 Å². The van der Waals surface area contributed by atoms with Crippen LogP contribution in [0.4, 0.5) is 0 Å². The normalized spacial score (nSPS) is 10.7. The minimum absolute atomic E-state index is 0.617. The second-order valence-electron chi connectivity index (χ2n) is 3.32. The maximum absolute atomic E-state index is 7.95. The first-order valence-corrected chi connectivity index (χ1v) is 3.37. The molecule has 58 valence electrons. The quantitative estimate of drug-likeness (QED) is 0.188. The van der Waals surface area contributed by atoms with Crippen LogP contribution in [0.1, 0.15) is 6.42 Å². The number of rotatable bonds is 4. The summed E-state index contributed by atoms with van der Waals surface area (Å²) in [6.45, 7) is 1.67. The van der Waals surface area contributed by atoms with Gasteiger partial charge in [-0.15, -0.1) is 0 Å². The molecule has 0 amide bonds. The predicted octanol–water partition coefficient (Wildman–Crippen LogP) is 1.39. The molecule has 0 saturated carbocycles. The molecule has 0 aliphatic carbocycles. The molecule has 0 aliphatic rings. The third kappa shape index (κ3) is 7.27. The van der Waals surface area contributed by atoms with Crippen molar-refractivity contribution < 1.29 is 4.48 Å². The van der Waals surface area contributed by atoms with Gasteiger partial charge in [-0.3, -0.25) is 0 Å². The van der Waals surface area contributed by atoms with Crippen LogP contribution in [-0.2, 0) is 0 Å². The molecule has 0 bridgehead atoms. The van der Waals surface area contributed by atoms with Gasteiger partial charge in [-0.2, -0.15) is 0 Å². The van der Waals surface area contributed by atoms with Gasteiger partial charge in [0.15, 0.2) is 0 Å². The van der Waals surface area contributed by atoms with E-state index in [9.17, 15) is 0 Å². The van der Waals surface area contributed by atoms with Gasteiger partial charge >= 0.3 is 0 Å². The van der Waals surface area contributed by atoms with E-state index in [2.05, 4.69) is 31.2 Å². The summed E-state index contributed by atoms with van der Waals surface area (Å²) in [5.41, 5.74) is 7.95. The fraction of sp³-hybridized carbons (Fsp3) is 1.00. The summed E-state index contributed by atoms with van der Waals surface area (Å²) < 4.78 is 0.931. The van der Waals surface area contributed by atoms with E-state index in [0.29, 0.717) is 6.54 Å². The minimum atomic E-state index is 0.617. The summed E-state index contributed by atoms with van der Waals surface area (Å²) in [6, 6.07) is 0. The Hall–Kier alpha value is -0.730. The number of hydrogen-bond acceptors (Lipinski definition) is 1. The lowest BCUT2D eigenvalue weighted by Crippen LogP contribution is -2.35. The highest BCUT2D eigenvalue weighted by molar-refractivity contribution is 4.45. The molecule has 0 aromatic carbocycles. The molecule has 0 fully saturated rings. The Labute approximate surface area is 61.7 Å². The van der Waals surface area contributed by atoms with E-state index in [4.69, 9.17) is 5.53 Å². The zero-order chi connectivity index (χ0) is 8.04. The van der Waals surface area contributed by atoms with Crippen LogP contribution in [0.25, 0.3) is 10.4 Å². The summed E-state index contributed by atoms with van der Waals surface area (Å²) in [5.74, 6) is 0. The molecule has 0 aliphatic heterocycles. The van der Waals surface area contributed by atoms with Crippen molar-refractivity contribution in [3.05, 3.63) is 10.4 Å².